The third-order valence-electron chi connectivity index (χ3n) is 4.62. The first kappa shape index (κ1) is 19.4. The molecule has 7 nitrogen and oxygen atoms in total. The highest BCUT2D eigenvalue weighted by Gasteiger charge is 2.14. The maximum atomic E-state index is 12.5. The van der Waals surface area contributed by atoms with Crippen LogP contribution in [-0.4, -0.2) is 34.9 Å². The Morgan fingerprint density at radius 1 is 1.23 bits per heavy atom. The molecule has 0 saturated heterocycles. The third kappa shape index (κ3) is 4.25. The fourth-order valence-corrected chi connectivity index (χ4v) is 3.21. The molecule has 0 radical (unpaired) electrons. The molecule has 0 saturated carbocycles. The molecule has 1 aromatic heterocycles. The molecule has 1 aliphatic heterocycles. The number of rotatable bonds is 6. The molecule has 0 aliphatic carbocycles. The van der Waals surface area contributed by atoms with Crippen molar-refractivity contribution in [3.05, 3.63) is 77.6 Å². The van der Waals surface area contributed by atoms with Crippen LogP contribution < -0.4 is 10.1 Å². The van der Waals surface area contributed by atoms with Crippen LogP contribution in [0.4, 0.5) is 5.69 Å². The van der Waals surface area contributed by atoms with Crippen LogP contribution in [0.25, 0.3) is 11.8 Å². The van der Waals surface area contributed by atoms with Crippen LogP contribution >= 0.6 is 0 Å². The van der Waals surface area contributed by atoms with E-state index < -0.39 is 5.97 Å². The maximum absolute atomic E-state index is 12.5. The number of para-hydroxylation sites is 2. The van der Waals surface area contributed by atoms with Crippen LogP contribution in [0.3, 0.4) is 0 Å². The number of aromatic nitrogens is 2. The number of fused-ring (bicyclic) bond motifs is 1. The van der Waals surface area contributed by atoms with Gasteiger partial charge in [0.25, 0.3) is 0 Å². The van der Waals surface area contributed by atoms with Gasteiger partial charge in [-0.05, 0) is 54.5 Å². The van der Waals surface area contributed by atoms with E-state index in [0.717, 1.165) is 23.3 Å². The van der Waals surface area contributed by atoms with Gasteiger partial charge in [0, 0.05) is 18.7 Å². The lowest BCUT2D eigenvalue weighted by atomic mass is 10.1. The van der Waals surface area contributed by atoms with Crippen molar-refractivity contribution in [2.24, 2.45) is 0 Å². The Morgan fingerprint density at radius 3 is 2.97 bits per heavy atom. The number of benzene rings is 2. The molecule has 0 spiro atoms. The second-order valence-corrected chi connectivity index (χ2v) is 6.67. The van der Waals surface area contributed by atoms with Gasteiger partial charge < -0.3 is 14.8 Å². The highest BCUT2D eigenvalue weighted by molar-refractivity contribution is 6.03. The zero-order valence-corrected chi connectivity index (χ0v) is 16.5. The normalized spacial score (nSPS) is 12.4. The number of carbonyl (C=O) groups excluding carboxylic acids is 2. The molecule has 30 heavy (non-hydrogen) atoms. The zero-order chi connectivity index (χ0) is 20.9. The molecule has 0 unspecified atom stereocenters. The molecule has 2 aromatic carbocycles. The van der Waals surface area contributed by atoms with E-state index >= 15 is 0 Å². The lowest BCUT2D eigenvalue weighted by Gasteiger charge is -2.09. The summed E-state index contributed by atoms with van der Waals surface area (Å²) in [4.78, 5) is 24.3. The van der Waals surface area contributed by atoms with E-state index in [-0.39, 0.29) is 18.2 Å². The van der Waals surface area contributed by atoms with E-state index in [1.165, 1.54) is 10.8 Å². The van der Waals surface area contributed by atoms with E-state index in [1.54, 1.807) is 31.3 Å². The number of esters is 1. The van der Waals surface area contributed by atoms with E-state index in [4.69, 9.17) is 9.47 Å². The number of nitrogens with one attached hydrogen (secondary N) is 1. The van der Waals surface area contributed by atoms with E-state index in [2.05, 4.69) is 10.4 Å². The zero-order valence-electron chi connectivity index (χ0n) is 16.5. The van der Waals surface area contributed by atoms with Crippen molar-refractivity contribution >= 4 is 23.6 Å². The smallest absolute Gasteiger partial charge is 0.358 e. The molecule has 0 bridgehead atoms. The molecule has 4 rings (SSSR count). The predicted molar refractivity (Wildman–Crippen MR) is 113 cm³/mol. The molecule has 0 atom stereocenters. The monoisotopic (exact) mass is 403 g/mol. The number of carbonyl (C=O) groups is 2. The van der Waals surface area contributed by atoms with E-state index in [0.29, 0.717) is 18.0 Å². The lowest BCUT2D eigenvalue weighted by molar-refractivity contribution is -0.111. The first-order valence-corrected chi connectivity index (χ1v) is 9.71. The van der Waals surface area contributed by atoms with Gasteiger partial charge in [0.05, 0.1) is 24.6 Å². The van der Waals surface area contributed by atoms with Crippen molar-refractivity contribution in [3.8, 4) is 11.4 Å². The van der Waals surface area contributed by atoms with Crippen LogP contribution in [0.5, 0.6) is 5.75 Å². The minimum absolute atomic E-state index is 0.207. The minimum Gasteiger partial charge on any atom is -0.493 e. The van der Waals surface area contributed by atoms with Crippen LogP contribution in [0.1, 0.15) is 28.5 Å². The van der Waals surface area contributed by atoms with Crippen LogP contribution in [-0.2, 0) is 16.0 Å². The number of anilines is 1. The SMILES string of the molecule is CCOC(=O)c1ccn(-c2ccccc2NC(=O)C=Cc2ccc3c(c2)CCO3)n1. The van der Waals surface area contributed by atoms with Gasteiger partial charge in [0.1, 0.15) is 5.75 Å². The molecular formula is C23H21N3O4. The Hall–Kier alpha value is -3.87. The van der Waals surface area contributed by atoms with Gasteiger partial charge in [-0.1, -0.05) is 18.2 Å². The summed E-state index contributed by atoms with van der Waals surface area (Å²) in [6, 6.07) is 14.7. The predicted octanol–water partition coefficient (Wildman–Crippen LogP) is 3.64. The number of hydrogen-bond donors (Lipinski definition) is 1. The molecule has 152 valence electrons. The summed E-state index contributed by atoms with van der Waals surface area (Å²) in [6.45, 7) is 2.72. The van der Waals surface area contributed by atoms with Crippen LogP contribution in [0.15, 0.2) is 60.8 Å². The topological polar surface area (TPSA) is 82.5 Å². The molecule has 1 aliphatic rings. The first-order valence-electron chi connectivity index (χ1n) is 9.71. The first-order chi connectivity index (χ1) is 14.6. The fraction of sp³-hybridized carbons (Fsp3) is 0.174. The Morgan fingerprint density at radius 2 is 2.10 bits per heavy atom. The third-order valence-corrected chi connectivity index (χ3v) is 4.62. The fourth-order valence-electron chi connectivity index (χ4n) is 3.21. The van der Waals surface area contributed by atoms with Crippen molar-refractivity contribution < 1.29 is 19.1 Å². The summed E-state index contributed by atoms with van der Waals surface area (Å²) in [5, 5.41) is 7.12. The minimum atomic E-state index is -0.486. The van der Waals surface area contributed by atoms with Gasteiger partial charge in [-0.3, -0.25) is 4.79 Å². The van der Waals surface area contributed by atoms with Crippen molar-refractivity contribution in [2.45, 2.75) is 13.3 Å². The lowest BCUT2D eigenvalue weighted by Crippen LogP contribution is -2.11. The summed E-state index contributed by atoms with van der Waals surface area (Å²) >= 11 is 0. The number of amides is 1. The standard InChI is InChI=1S/C23H21N3O4/c1-2-29-23(28)19-11-13-26(25-19)20-6-4-3-5-18(20)24-22(27)10-8-16-7-9-21-17(15-16)12-14-30-21/h3-11,13,15H,2,12,14H2,1H3,(H,24,27). The van der Waals surface area contributed by atoms with Crippen molar-refractivity contribution in [3.63, 3.8) is 0 Å². The van der Waals surface area contributed by atoms with Gasteiger partial charge in [0.2, 0.25) is 5.91 Å². The van der Waals surface area contributed by atoms with E-state index in [9.17, 15) is 9.59 Å². The Kier molecular flexibility index (Phi) is 5.61. The second-order valence-electron chi connectivity index (χ2n) is 6.67. The van der Waals surface area contributed by atoms with Gasteiger partial charge in [-0.25, -0.2) is 9.48 Å². The van der Waals surface area contributed by atoms with Gasteiger partial charge >= 0.3 is 5.97 Å². The van der Waals surface area contributed by atoms with Gasteiger partial charge in [0.15, 0.2) is 5.69 Å². The Balaban J connectivity index is 1.49. The largest absolute Gasteiger partial charge is 0.493 e. The summed E-state index contributed by atoms with van der Waals surface area (Å²) in [6.07, 6.45) is 5.79. The van der Waals surface area contributed by atoms with Crippen molar-refractivity contribution in [2.75, 3.05) is 18.5 Å². The summed E-state index contributed by atoms with van der Waals surface area (Å²) in [5.41, 5.74) is 3.52. The Labute approximate surface area is 173 Å². The average molecular weight is 403 g/mol. The van der Waals surface area contributed by atoms with Crippen LogP contribution in [0.2, 0.25) is 0 Å². The van der Waals surface area contributed by atoms with Crippen molar-refractivity contribution in [1.82, 2.24) is 9.78 Å². The Bertz CT molecular complexity index is 1120. The molecular weight excluding hydrogens is 382 g/mol. The van der Waals surface area contributed by atoms with Crippen LogP contribution in [0, 0.1) is 0 Å². The highest BCUT2D eigenvalue weighted by Crippen LogP contribution is 2.26. The summed E-state index contributed by atoms with van der Waals surface area (Å²) in [7, 11) is 0. The second kappa shape index (κ2) is 8.65. The highest BCUT2D eigenvalue weighted by atomic mass is 16.5. The average Bonchev–Trinajstić information content (AvgIpc) is 3.42. The van der Waals surface area contributed by atoms with Crippen molar-refractivity contribution in [1.29, 1.82) is 0 Å². The molecule has 1 amide bonds. The molecule has 7 heteroatoms. The van der Waals surface area contributed by atoms with Gasteiger partial charge in [-0.2, -0.15) is 5.10 Å². The quantitative estimate of drug-likeness (QED) is 0.502. The number of hydrogen-bond acceptors (Lipinski definition) is 5. The maximum Gasteiger partial charge on any atom is 0.358 e. The number of nitrogens with zero attached hydrogens (tertiary/aromatic N) is 2. The summed E-state index contributed by atoms with van der Waals surface area (Å²) in [5.74, 6) is 0.157. The van der Waals surface area contributed by atoms with Gasteiger partial charge in [-0.15, -0.1) is 0 Å². The molecule has 3 aromatic rings. The van der Waals surface area contributed by atoms with E-state index in [1.807, 2.05) is 36.4 Å². The summed E-state index contributed by atoms with van der Waals surface area (Å²) < 4.78 is 12.0. The molecule has 2 heterocycles. The number of ether oxygens (including phenoxy) is 2. The molecule has 1 N–H and O–H groups in total. The molecule has 0 fully saturated rings.